The first-order chi connectivity index (χ1) is 21.5. The second-order valence-corrected chi connectivity index (χ2v) is 12.1. The standard InChI is InChI=1S/C35H39F6N3O/c36-34(37,38)29-22-27(23-30(24-29)35(39,40)41)14-19-44(25-26-10-4-1-5-11-26)33(45)32(28-12-6-2-7-13-28)43-20-15-31(16-21-43)42-17-8-3-9-18-42/h1-2,4-7,10-13,22-24,31-32H,3,8-9,14-21,25H2. The number of rotatable bonds is 9. The number of hydrogen-bond acceptors (Lipinski definition) is 3. The molecule has 2 saturated heterocycles. The molecule has 0 aromatic heterocycles. The third-order valence-electron chi connectivity index (χ3n) is 8.97. The van der Waals surface area contributed by atoms with Crippen LogP contribution in [0.2, 0.25) is 0 Å². The van der Waals surface area contributed by atoms with E-state index < -0.39 is 29.5 Å². The van der Waals surface area contributed by atoms with Crippen LogP contribution in [-0.4, -0.2) is 59.4 Å². The molecule has 1 unspecified atom stereocenters. The highest BCUT2D eigenvalue weighted by Crippen LogP contribution is 2.37. The molecule has 0 N–H and O–H groups in total. The second-order valence-electron chi connectivity index (χ2n) is 12.1. The molecule has 4 nitrogen and oxygen atoms in total. The van der Waals surface area contributed by atoms with Gasteiger partial charge in [-0.2, -0.15) is 26.3 Å². The Bertz CT molecular complexity index is 1350. The largest absolute Gasteiger partial charge is 0.416 e. The van der Waals surface area contributed by atoms with E-state index in [2.05, 4.69) is 9.80 Å². The minimum atomic E-state index is -4.94. The van der Waals surface area contributed by atoms with Crippen molar-refractivity contribution in [2.24, 2.45) is 0 Å². The molecule has 3 aromatic carbocycles. The van der Waals surface area contributed by atoms with Crippen LogP contribution in [0, 0.1) is 0 Å². The van der Waals surface area contributed by atoms with E-state index in [1.807, 2.05) is 60.7 Å². The van der Waals surface area contributed by atoms with E-state index in [1.54, 1.807) is 4.90 Å². The lowest BCUT2D eigenvalue weighted by atomic mass is 9.95. The lowest BCUT2D eigenvalue weighted by Crippen LogP contribution is -2.50. The fraction of sp³-hybridized carbons (Fsp3) is 0.457. The van der Waals surface area contributed by atoms with Gasteiger partial charge in [0.1, 0.15) is 6.04 Å². The normalized spacial score (nSPS) is 18.1. The second kappa shape index (κ2) is 14.4. The first-order valence-electron chi connectivity index (χ1n) is 15.6. The van der Waals surface area contributed by atoms with Crippen LogP contribution in [0.15, 0.2) is 78.9 Å². The van der Waals surface area contributed by atoms with Crippen LogP contribution in [0.25, 0.3) is 0 Å². The summed E-state index contributed by atoms with van der Waals surface area (Å²) in [6.45, 7) is 3.77. The third kappa shape index (κ3) is 8.67. The highest BCUT2D eigenvalue weighted by molar-refractivity contribution is 5.83. The van der Waals surface area contributed by atoms with Crippen LogP contribution in [0.4, 0.5) is 26.3 Å². The summed E-state index contributed by atoms with van der Waals surface area (Å²) >= 11 is 0. The number of amides is 1. The molecule has 0 bridgehead atoms. The Kier molecular flexibility index (Phi) is 10.5. The third-order valence-corrected chi connectivity index (χ3v) is 8.97. The number of carbonyl (C=O) groups is 1. The molecule has 0 aliphatic carbocycles. The molecule has 0 radical (unpaired) electrons. The molecule has 2 aliphatic rings. The van der Waals surface area contributed by atoms with Crippen molar-refractivity contribution in [3.05, 3.63) is 107 Å². The summed E-state index contributed by atoms with van der Waals surface area (Å²) in [5.74, 6) is -0.218. The highest BCUT2D eigenvalue weighted by Gasteiger charge is 2.38. The summed E-state index contributed by atoms with van der Waals surface area (Å²) in [4.78, 5) is 20.8. The Hall–Kier alpha value is -3.37. The SMILES string of the molecule is O=C(C(c1ccccc1)N1CCC(N2CCCCC2)CC1)N(CCc1cc(C(F)(F)F)cc(C(F)(F)F)c1)Cc1ccccc1. The number of likely N-dealkylation sites (tertiary alicyclic amines) is 2. The predicted octanol–water partition coefficient (Wildman–Crippen LogP) is 7.99. The fourth-order valence-electron chi connectivity index (χ4n) is 6.61. The number of carbonyl (C=O) groups excluding carboxylic acids is 1. The van der Waals surface area contributed by atoms with Crippen LogP contribution in [0.3, 0.4) is 0 Å². The van der Waals surface area contributed by atoms with Gasteiger partial charge < -0.3 is 9.80 Å². The van der Waals surface area contributed by atoms with Gasteiger partial charge in [0.2, 0.25) is 5.91 Å². The fourth-order valence-corrected chi connectivity index (χ4v) is 6.61. The first-order valence-corrected chi connectivity index (χ1v) is 15.6. The van der Waals surface area contributed by atoms with Crippen molar-refractivity contribution in [2.75, 3.05) is 32.7 Å². The maximum atomic E-state index is 14.5. The molecular weight excluding hydrogens is 592 g/mol. The molecular formula is C35H39F6N3O. The highest BCUT2D eigenvalue weighted by atomic mass is 19.4. The quantitative estimate of drug-likeness (QED) is 0.224. The van der Waals surface area contributed by atoms with Crippen LogP contribution in [0.5, 0.6) is 0 Å². The summed E-state index contributed by atoms with van der Waals surface area (Å²) < 4.78 is 81.3. The van der Waals surface area contributed by atoms with Gasteiger partial charge in [0.25, 0.3) is 0 Å². The van der Waals surface area contributed by atoms with Crippen molar-refractivity contribution >= 4 is 5.91 Å². The van der Waals surface area contributed by atoms with Crippen molar-refractivity contribution in [2.45, 2.75) is 69.5 Å². The van der Waals surface area contributed by atoms with Gasteiger partial charge in [0.05, 0.1) is 11.1 Å². The van der Waals surface area contributed by atoms with Crippen molar-refractivity contribution < 1.29 is 31.1 Å². The van der Waals surface area contributed by atoms with E-state index in [-0.39, 0.29) is 37.0 Å². The van der Waals surface area contributed by atoms with Gasteiger partial charge in [0.15, 0.2) is 0 Å². The average molecular weight is 632 g/mol. The van der Waals surface area contributed by atoms with E-state index in [1.165, 1.54) is 19.3 Å². The molecule has 1 atom stereocenters. The Balaban J connectivity index is 1.41. The number of benzene rings is 3. The van der Waals surface area contributed by atoms with Gasteiger partial charge in [0, 0.05) is 32.2 Å². The zero-order chi connectivity index (χ0) is 32.0. The van der Waals surface area contributed by atoms with Gasteiger partial charge in [-0.1, -0.05) is 67.1 Å². The first kappa shape index (κ1) is 33.0. The Morgan fingerprint density at radius 3 is 1.84 bits per heavy atom. The van der Waals surface area contributed by atoms with Crippen molar-refractivity contribution in [3.8, 4) is 0 Å². The van der Waals surface area contributed by atoms with E-state index in [4.69, 9.17) is 0 Å². The maximum Gasteiger partial charge on any atom is 0.416 e. The molecule has 5 rings (SSSR count). The summed E-state index contributed by atoms with van der Waals surface area (Å²) in [5, 5.41) is 0. The van der Waals surface area contributed by atoms with Gasteiger partial charge >= 0.3 is 12.4 Å². The molecule has 0 spiro atoms. The molecule has 3 aromatic rings. The smallest absolute Gasteiger partial charge is 0.336 e. The number of halogens is 6. The van der Waals surface area contributed by atoms with E-state index in [0.717, 1.165) is 49.2 Å². The van der Waals surface area contributed by atoms with Crippen LogP contribution < -0.4 is 0 Å². The Morgan fingerprint density at radius 1 is 0.733 bits per heavy atom. The number of piperidine rings is 2. The van der Waals surface area contributed by atoms with Crippen LogP contribution in [-0.2, 0) is 30.1 Å². The molecule has 242 valence electrons. The van der Waals surface area contributed by atoms with Crippen molar-refractivity contribution in [1.82, 2.24) is 14.7 Å². The lowest BCUT2D eigenvalue weighted by molar-refractivity contribution is -0.143. The van der Waals surface area contributed by atoms with E-state index >= 15 is 0 Å². The van der Waals surface area contributed by atoms with E-state index in [9.17, 15) is 31.1 Å². The number of alkyl halides is 6. The zero-order valence-electron chi connectivity index (χ0n) is 25.2. The van der Waals surface area contributed by atoms with E-state index in [0.29, 0.717) is 19.1 Å². The summed E-state index contributed by atoms with van der Waals surface area (Å²) in [7, 11) is 0. The summed E-state index contributed by atoms with van der Waals surface area (Å²) in [5.41, 5.74) is -1.20. The summed E-state index contributed by atoms with van der Waals surface area (Å²) in [6.07, 6.45) is -4.51. The number of hydrogen-bond donors (Lipinski definition) is 0. The molecule has 1 amide bonds. The molecule has 2 aliphatic heterocycles. The average Bonchev–Trinajstić information content (AvgIpc) is 3.04. The van der Waals surface area contributed by atoms with Crippen molar-refractivity contribution in [1.29, 1.82) is 0 Å². The van der Waals surface area contributed by atoms with Crippen molar-refractivity contribution in [3.63, 3.8) is 0 Å². The molecule has 10 heteroatoms. The summed E-state index contributed by atoms with van der Waals surface area (Å²) in [6, 6.07) is 20.1. The zero-order valence-corrected chi connectivity index (χ0v) is 25.2. The topological polar surface area (TPSA) is 26.8 Å². The van der Waals surface area contributed by atoms with Gasteiger partial charge in [-0.15, -0.1) is 0 Å². The maximum absolute atomic E-state index is 14.5. The minimum absolute atomic E-state index is 0.0418. The monoisotopic (exact) mass is 631 g/mol. The Labute approximate surface area is 260 Å². The number of nitrogens with zero attached hydrogens (tertiary/aromatic N) is 3. The van der Waals surface area contributed by atoms with Gasteiger partial charge in [-0.25, -0.2) is 0 Å². The molecule has 2 heterocycles. The molecule has 2 fully saturated rings. The van der Waals surface area contributed by atoms with Gasteiger partial charge in [-0.3, -0.25) is 9.69 Å². The van der Waals surface area contributed by atoms with Gasteiger partial charge in [-0.05, 0) is 80.1 Å². The molecule has 45 heavy (non-hydrogen) atoms. The minimum Gasteiger partial charge on any atom is -0.336 e. The van der Waals surface area contributed by atoms with Crippen LogP contribution >= 0.6 is 0 Å². The predicted molar refractivity (Wildman–Crippen MR) is 161 cm³/mol. The van der Waals surface area contributed by atoms with Crippen LogP contribution in [0.1, 0.15) is 66.0 Å². The lowest BCUT2D eigenvalue weighted by Gasteiger charge is -2.43. The molecule has 0 saturated carbocycles. The Morgan fingerprint density at radius 2 is 1.29 bits per heavy atom.